The normalized spacial score (nSPS) is 12.4. The van der Waals surface area contributed by atoms with Gasteiger partial charge >= 0.3 is 0 Å². The van der Waals surface area contributed by atoms with Gasteiger partial charge in [0.05, 0.1) is 4.99 Å². The van der Waals surface area contributed by atoms with Gasteiger partial charge in [0.15, 0.2) is 0 Å². The molecule has 0 aliphatic heterocycles. The van der Waals surface area contributed by atoms with Gasteiger partial charge < -0.3 is 10.8 Å². The maximum absolute atomic E-state index is 9.20. The topological polar surface area (TPSA) is 46.2 Å². The second-order valence-corrected chi connectivity index (χ2v) is 3.65. The van der Waals surface area contributed by atoms with Crippen LogP contribution in [0.15, 0.2) is 24.3 Å². The van der Waals surface area contributed by atoms with Crippen molar-refractivity contribution in [2.45, 2.75) is 13.3 Å². The Morgan fingerprint density at radius 3 is 2.85 bits per heavy atom. The molecule has 0 amide bonds. The smallest absolute Gasteiger partial charge is 0.115 e. The Labute approximate surface area is 83.4 Å². The van der Waals surface area contributed by atoms with E-state index in [0.29, 0.717) is 4.99 Å². The van der Waals surface area contributed by atoms with Crippen LogP contribution in [0, 0.1) is 5.92 Å². The number of thiocarbonyl (C=S) groups is 1. The van der Waals surface area contributed by atoms with Gasteiger partial charge in [0.1, 0.15) is 5.75 Å². The van der Waals surface area contributed by atoms with Crippen molar-refractivity contribution in [1.29, 1.82) is 0 Å². The lowest BCUT2D eigenvalue weighted by Gasteiger charge is -2.08. The summed E-state index contributed by atoms with van der Waals surface area (Å²) >= 11 is 4.87. The zero-order chi connectivity index (χ0) is 9.84. The van der Waals surface area contributed by atoms with Crippen LogP contribution in [0.25, 0.3) is 0 Å². The Morgan fingerprint density at radius 1 is 1.62 bits per heavy atom. The molecule has 0 heterocycles. The van der Waals surface area contributed by atoms with E-state index in [9.17, 15) is 5.11 Å². The lowest BCUT2D eigenvalue weighted by molar-refractivity contribution is 0.474. The largest absolute Gasteiger partial charge is 0.508 e. The standard InChI is InChI=1S/C10H13NOS/c1-7(10(11)13)5-8-3-2-4-9(12)6-8/h2-4,6-7,12H,5H2,1H3,(H2,11,13). The van der Waals surface area contributed by atoms with Gasteiger partial charge in [-0.25, -0.2) is 0 Å². The first-order valence-electron chi connectivity index (χ1n) is 4.17. The third kappa shape index (κ3) is 3.03. The second kappa shape index (κ2) is 4.23. The average molecular weight is 195 g/mol. The minimum atomic E-state index is 0.178. The summed E-state index contributed by atoms with van der Waals surface area (Å²) in [4.78, 5) is 0.517. The van der Waals surface area contributed by atoms with Gasteiger partial charge in [-0.3, -0.25) is 0 Å². The van der Waals surface area contributed by atoms with Gasteiger partial charge in [0.25, 0.3) is 0 Å². The summed E-state index contributed by atoms with van der Waals surface area (Å²) in [6, 6.07) is 7.15. The summed E-state index contributed by atoms with van der Waals surface area (Å²) in [7, 11) is 0. The van der Waals surface area contributed by atoms with E-state index >= 15 is 0 Å². The van der Waals surface area contributed by atoms with E-state index in [1.807, 2.05) is 19.1 Å². The summed E-state index contributed by atoms with van der Waals surface area (Å²) in [5.74, 6) is 0.462. The minimum Gasteiger partial charge on any atom is -0.508 e. The number of nitrogens with two attached hydrogens (primary N) is 1. The molecule has 3 heteroatoms. The highest BCUT2D eigenvalue weighted by Crippen LogP contribution is 2.14. The SMILES string of the molecule is CC(Cc1cccc(O)c1)C(N)=S. The van der Waals surface area contributed by atoms with Crippen LogP contribution in [0.2, 0.25) is 0 Å². The van der Waals surface area contributed by atoms with Crippen molar-refractivity contribution >= 4 is 17.2 Å². The number of aromatic hydroxyl groups is 1. The van der Waals surface area contributed by atoms with Crippen molar-refractivity contribution < 1.29 is 5.11 Å². The fourth-order valence-corrected chi connectivity index (χ4v) is 1.22. The number of phenols is 1. The van der Waals surface area contributed by atoms with Crippen molar-refractivity contribution in [3.63, 3.8) is 0 Å². The number of phenolic OH excluding ortho intramolecular Hbond substituents is 1. The van der Waals surface area contributed by atoms with Gasteiger partial charge in [0.2, 0.25) is 0 Å². The maximum atomic E-state index is 9.20. The second-order valence-electron chi connectivity index (χ2n) is 3.18. The molecule has 3 N–H and O–H groups in total. The third-order valence-corrected chi connectivity index (χ3v) is 2.34. The summed E-state index contributed by atoms with van der Waals surface area (Å²) in [5.41, 5.74) is 6.55. The minimum absolute atomic E-state index is 0.178. The molecule has 2 nitrogen and oxygen atoms in total. The van der Waals surface area contributed by atoms with E-state index in [2.05, 4.69) is 0 Å². The van der Waals surface area contributed by atoms with Gasteiger partial charge in [-0.2, -0.15) is 0 Å². The molecule has 0 saturated heterocycles. The maximum Gasteiger partial charge on any atom is 0.115 e. The van der Waals surface area contributed by atoms with Crippen LogP contribution in [0.3, 0.4) is 0 Å². The monoisotopic (exact) mass is 195 g/mol. The van der Waals surface area contributed by atoms with Crippen LogP contribution >= 0.6 is 12.2 Å². The highest BCUT2D eigenvalue weighted by molar-refractivity contribution is 7.80. The Hall–Kier alpha value is -1.09. The molecule has 1 atom stereocenters. The van der Waals surface area contributed by atoms with Crippen molar-refractivity contribution in [3.05, 3.63) is 29.8 Å². The first-order chi connectivity index (χ1) is 6.09. The molecule has 0 spiro atoms. The fourth-order valence-electron chi connectivity index (χ4n) is 1.14. The van der Waals surface area contributed by atoms with E-state index in [0.717, 1.165) is 12.0 Å². The highest BCUT2D eigenvalue weighted by Gasteiger charge is 2.06. The molecule has 0 aromatic heterocycles. The van der Waals surface area contributed by atoms with Crippen LogP contribution in [0.1, 0.15) is 12.5 Å². The van der Waals surface area contributed by atoms with Gasteiger partial charge in [-0.05, 0) is 24.1 Å². The molecule has 0 fully saturated rings. The van der Waals surface area contributed by atoms with Crippen LogP contribution in [0.4, 0.5) is 0 Å². The highest BCUT2D eigenvalue weighted by atomic mass is 32.1. The molecule has 0 aliphatic rings. The first-order valence-corrected chi connectivity index (χ1v) is 4.57. The molecule has 70 valence electrons. The summed E-state index contributed by atoms with van der Waals surface area (Å²) in [6.45, 7) is 1.98. The summed E-state index contributed by atoms with van der Waals surface area (Å²) < 4.78 is 0. The summed E-state index contributed by atoms with van der Waals surface area (Å²) in [5, 5.41) is 9.20. The molecular weight excluding hydrogens is 182 g/mol. The Kier molecular flexibility index (Phi) is 3.25. The Balaban J connectivity index is 2.69. The molecule has 1 aromatic rings. The van der Waals surface area contributed by atoms with Gasteiger partial charge in [-0.15, -0.1) is 0 Å². The van der Waals surface area contributed by atoms with Gasteiger partial charge in [-0.1, -0.05) is 31.3 Å². The molecule has 0 saturated carbocycles. The average Bonchev–Trinajstić information content (AvgIpc) is 2.04. The van der Waals surface area contributed by atoms with Gasteiger partial charge in [0, 0.05) is 5.92 Å². The van der Waals surface area contributed by atoms with Crippen molar-refractivity contribution in [3.8, 4) is 5.75 Å². The fraction of sp³-hybridized carbons (Fsp3) is 0.300. The Morgan fingerprint density at radius 2 is 2.31 bits per heavy atom. The van der Waals surface area contributed by atoms with E-state index < -0.39 is 0 Å². The summed E-state index contributed by atoms with van der Waals surface area (Å²) in [6.07, 6.45) is 0.781. The molecule has 0 bridgehead atoms. The quantitative estimate of drug-likeness (QED) is 0.724. The van der Waals surface area contributed by atoms with E-state index in [-0.39, 0.29) is 11.7 Å². The molecule has 1 rings (SSSR count). The van der Waals surface area contributed by atoms with E-state index in [4.69, 9.17) is 18.0 Å². The van der Waals surface area contributed by atoms with E-state index in [1.54, 1.807) is 12.1 Å². The zero-order valence-corrected chi connectivity index (χ0v) is 8.34. The number of benzene rings is 1. The lowest BCUT2D eigenvalue weighted by atomic mass is 10.0. The van der Waals surface area contributed by atoms with Crippen LogP contribution in [-0.4, -0.2) is 10.1 Å². The molecule has 1 unspecified atom stereocenters. The molecule has 13 heavy (non-hydrogen) atoms. The number of rotatable bonds is 3. The van der Waals surface area contributed by atoms with Crippen LogP contribution < -0.4 is 5.73 Å². The number of hydrogen-bond donors (Lipinski definition) is 2. The van der Waals surface area contributed by atoms with Crippen LogP contribution in [0.5, 0.6) is 5.75 Å². The zero-order valence-electron chi connectivity index (χ0n) is 7.53. The molecule has 0 aliphatic carbocycles. The lowest BCUT2D eigenvalue weighted by Crippen LogP contribution is -2.20. The molecular formula is C10H13NOS. The van der Waals surface area contributed by atoms with Crippen molar-refractivity contribution in [2.75, 3.05) is 0 Å². The first kappa shape index (κ1) is 9.99. The third-order valence-electron chi connectivity index (χ3n) is 1.94. The van der Waals surface area contributed by atoms with Crippen LogP contribution in [-0.2, 0) is 6.42 Å². The number of hydrogen-bond acceptors (Lipinski definition) is 2. The van der Waals surface area contributed by atoms with Crippen molar-refractivity contribution in [2.24, 2.45) is 11.7 Å². The van der Waals surface area contributed by atoms with Crippen molar-refractivity contribution in [1.82, 2.24) is 0 Å². The Bertz CT molecular complexity index is 312. The van der Waals surface area contributed by atoms with E-state index in [1.165, 1.54) is 0 Å². The predicted octanol–water partition coefficient (Wildman–Crippen LogP) is 1.86. The predicted molar refractivity (Wildman–Crippen MR) is 57.8 cm³/mol. The molecule has 0 radical (unpaired) electrons. The molecule has 1 aromatic carbocycles.